The SMILES string of the molecule is COc1ccc(S(=O)(=O)NC[C@@H]2C3CC3CN2S(=O)(=O)c2ccc(OC)c(OC)c2)cc1OC. The molecule has 2 aromatic rings. The van der Waals surface area contributed by atoms with E-state index in [9.17, 15) is 16.8 Å². The number of piperidine rings is 1. The lowest BCUT2D eigenvalue weighted by atomic mass is 10.2. The van der Waals surface area contributed by atoms with E-state index >= 15 is 0 Å². The van der Waals surface area contributed by atoms with Crippen LogP contribution >= 0.6 is 0 Å². The second kappa shape index (κ2) is 9.25. The van der Waals surface area contributed by atoms with E-state index in [4.69, 9.17) is 18.9 Å². The summed E-state index contributed by atoms with van der Waals surface area (Å²) < 4.78 is 77.6. The molecule has 1 saturated heterocycles. The number of hydrogen-bond acceptors (Lipinski definition) is 8. The van der Waals surface area contributed by atoms with E-state index < -0.39 is 26.1 Å². The summed E-state index contributed by atoms with van der Waals surface area (Å²) >= 11 is 0. The number of nitrogens with one attached hydrogen (secondary N) is 1. The highest BCUT2D eigenvalue weighted by molar-refractivity contribution is 7.89. The number of sulfonamides is 2. The predicted molar refractivity (Wildman–Crippen MR) is 124 cm³/mol. The average molecular weight is 513 g/mol. The molecular formula is C22H28N2O8S2. The maximum atomic E-state index is 13.4. The molecule has 4 rings (SSSR count). The van der Waals surface area contributed by atoms with Crippen LogP contribution in [0.25, 0.3) is 0 Å². The first-order chi connectivity index (χ1) is 16.2. The van der Waals surface area contributed by atoms with Crippen LogP contribution in [0.3, 0.4) is 0 Å². The summed E-state index contributed by atoms with van der Waals surface area (Å²) in [5, 5.41) is 0. The number of methoxy groups -OCH3 is 4. The van der Waals surface area contributed by atoms with Gasteiger partial charge in [0.25, 0.3) is 0 Å². The summed E-state index contributed by atoms with van der Waals surface area (Å²) in [5.41, 5.74) is 0. The smallest absolute Gasteiger partial charge is 0.243 e. The van der Waals surface area contributed by atoms with Crippen molar-refractivity contribution in [2.75, 3.05) is 41.5 Å². The van der Waals surface area contributed by atoms with Crippen molar-refractivity contribution in [2.24, 2.45) is 11.8 Å². The third-order valence-electron chi connectivity index (χ3n) is 6.37. The number of benzene rings is 2. The van der Waals surface area contributed by atoms with Gasteiger partial charge < -0.3 is 18.9 Å². The highest BCUT2D eigenvalue weighted by Crippen LogP contribution is 2.51. The Morgan fingerprint density at radius 3 is 1.91 bits per heavy atom. The van der Waals surface area contributed by atoms with Gasteiger partial charge in [-0.2, -0.15) is 4.31 Å². The zero-order valence-corrected chi connectivity index (χ0v) is 21.0. The molecule has 1 saturated carbocycles. The maximum Gasteiger partial charge on any atom is 0.243 e. The molecule has 10 nitrogen and oxygen atoms in total. The lowest BCUT2D eigenvalue weighted by Gasteiger charge is -2.27. The van der Waals surface area contributed by atoms with Crippen molar-refractivity contribution in [3.63, 3.8) is 0 Å². The molecule has 1 aliphatic heterocycles. The van der Waals surface area contributed by atoms with E-state index in [1.165, 1.54) is 69.1 Å². The second-order valence-electron chi connectivity index (χ2n) is 8.19. The summed E-state index contributed by atoms with van der Waals surface area (Å²) in [6.07, 6.45) is 0.876. The lowest BCUT2D eigenvalue weighted by molar-refractivity contribution is 0.340. The van der Waals surface area contributed by atoms with E-state index in [-0.39, 0.29) is 33.9 Å². The molecule has 2 fully saturated rings. The molecule has 3 atom stereocenters. The molecule has 1 aliphatic carbocycles. The van der Waals surface area contributed by atoms with Crippen LogP contribution in [-0.4, -0.2) is 68.7 Å². The number of nitrogens with zero attached hydrogens (tertiary/aromatic N) is 1. The molecule has 0 amide bonds. The molecular weight excluding hydrogens is 484 g/mol. The minimum atomic E-state index is -3.91. The second-order valence-corrected chi connectivity index (χ2v) is 11.8. The van der Waals surface area contributed by atoms with Gasteiger partial charge in [-0.15, -0.1) is 0 Å². The molecule has 34 heavy (non-hydrogen) atoms. The summed E-state index contributed by atoms with van der Waals surface area (Å²) in [4.78, 5) is 0.0731. The van der Waals surface area contributed by atoms with Crippen molar-refractivity contribution in [3.05, 3.63) is 36.4 Å². The van der Waals surface area contributed by atoms with Gasteiger partial charge in [-0.25, -0.2) is 21.6 Å². The Labute approximate surface area is 199 Å². The van der Waals surface area contributed by atoms with Gasteiger partial charge in [-0.1, -0.05) is 0 Å². The third kappa shape index (κ3) is 4.42. The topological polar surface area (TPSA) is 120 Å². The van der Waals surface area contributed by atoms with E-state index in [1.54, 1.807) is 0 Å². The van der Waals surface area contributed by atoms with Gasteiger partial charge in [0.05, 0.1) is 38.2 Å². The minimum Gasteiger partial charge on any atom is -0.493 e. The number of fused-ring (bicyclic) bond motifs is 1. The van der Waals surface area contributed by atoms with Crippen LogP contribution in [0.2, 0.25) is 0 Å². The van der Waals surface area contributed by atoms with E-state index in [0.29, 0.717) is 23.8 Å². The normalized spacial score (nSPS) is 22.2. The molecule has 0 aromatic heterocycles. The van der Waals surface area contributed by atoms with E-state index in [2.05, 4.69) is 4.72 Å². The summed E-state index contributed by atoms with van der Waals surface area (Å²) in [6, 6.07) is 8.22. The van der Waals surface area contributed by atoms with E-state index in [1.807, 2.05) is 0 Å². The molecule has 0 radical (unpaired) electrons. The molecule has 2 aliphatic rings. The fourth-order valence-electron chi connectivity index (χ4n) is 4.44. The Bertz CT molecular complexity index is 1280. The fourth-order valence-corrected chi connectivity index (χ4v) is 7.24. The lowest BCUT2D eigenvalue weighted by Crippen LogP contribution is -2.45. The van der Waals surface area contributed by atoms with Gasteiger partial charge in [0.1, 0.15) is 0 Å². The van der Waals surface area contributed by atoms with Crippen molar-refractivity contribution in [1.29, 1.82) is 0 Å². The van der Waals surface area contributed by atoms with Gasteiger partial charge in [0, 0.05) is 31.3 Å². The van der Waals surface area contributed by atoms with Crippen LogP contribution in [0.4, 0.5) is 0 Å². The Hall–Kier alpha value is -2.54. The van der Waals surface area contributed by atoms with Crippen LogP contribution in [0.15, 0.2) is 46.2 Å². The monoisotopic (exact) mass is 512 g/mol. The zero-order valence-electron chi connectivity index (χ0n) is 19.3. The van der Waals surface area contributed by atoms with Crippen LogP contribution < -0.4 is 23.7 Å². The van der Waals surface area contributed by atoms with Crippen molar-refractivity contribution in [1.82, 2.24) is 9.03 Å². The first-order valence-electron chi connectivity index (χ1n) is 10.6. The zero-order chi connectivity index (χ0) is 24.7. The third-order valence-corrected chi connectivity index (χ3v) is 9.67. The van der Waals surface area contributed by atoms with Crippen molar-refractivity contribution in [2.45, 2.75) is 22.3 Å². The van der Waals surface area contributed by atoms with Crippen molar-refractivity contribution in [3.8, 4) is 23.0 Å². The van der Waals surface area contributed by atoms with Crippen LogP contribution in [0.1, 0.15) is 6.42 Å². The predicted octanol–water partition coefficient (Wildman–Crippen LogP) is 1.71. The summed E-state index contributed by atoms with van der Waals surface area (Å²) in [7, 11) is -1.99. The molecule has 1 N–H and O–H groups in total. The number of rotatable bonds is 10. The Balaban J connectivity index is 1.55. The van der Waals surface area contributed by atoms with Gasteiger partial charge >= 0.3 is 0 Å². The highest BCUT2D eigenvalue weighted by atomic mass is 32.2. The van der Waals surface area contributed by atoms with Gasteiger partial charge in [0.2, 0.25) is 20.0 Å². The van der Waals surface area contributed by atoms with Gasteiger partial charge in [0.15, 0.2) is 23.0 Å². The molecule has 0 bridgehead atoms. The van der Waals surface area contributed by atoms with E-state index in [0.717, 1.165) is 6.42 Å². The highest BCUT2D eigenvalue weighted by Gasteiger charge is 2.56. The van der Waals surface area contributed by atoms with Gasteiger partial charge in [-0.05, 0) is 42.5 Å². The van der Waals surface area contributed by atoms with Crippen LogP contribution in [0.5, 0.6) is 23.0 Å². The maximum absolute atomic E-state index is 13.4. The van der Waals surface area contributed by atoms with Crippen LogP contribution in [-0.2, 0) is 20.0 Å². The molecule has 0 spiro atoms. The minimum absolute atomic E-state index is 0.00444. The Morgan fingerprint density at radius 1 is 0.824 bits per heavy atom. The standard InChI is InChI=1S/C22H28N2O8S2/c1-29-19-7-5-15(10-21(19)31-3)33(25,26)23-12-18-17-9-14(17)13-24(18)34(27,28)16-6-8-20(30-2)22(11-16)32-4/h5-8,10-11,14,17-18,23H,9,12-13H2,1-4H3/t14?,17?,18-/m1/s1. The molecule has 12 heteroatoms. The molecule has 186 valence electrons. The first-order valence-corrected chi connectivity index (χ1v) is 13.5. The molecule has 2 unspecified atom stereocenters. The first kappa shape index (κ1) is 24.6. The number of ether oxygens (including phenoxy) is 4. The molecule has 2 aromatic carbocycles. The Morgan fingerprint density at radius 2 is 1.35 bits per heavy atom. The quantitative estimate of drug-likeness (QED) is 0.511. The summed E-state index contributed by atoms with van der Waals surface area (Å²) in [6.45, 7) is 0.314. The largest absolute Gasteiger partial charge is 0.493 e. The van der Waals surface area contributed by atoms with Gasteiger partial charge in [-0.3, -0.25) is 0 Å². The van der Waals surface area contributed by atoms with Crippen molar-refractivity contribution < 1.29 is 35.8 Å². The average Bonchev–Trinajstić information content (AvgIpc) is 3.52. The van der Waals surface area contributed by atoms with Crippen LogP contribution in [0, 0.1) is 11.8 Å². The van der Waals surface area contributed by atoms with Crippen molar-refractivity contribution >= 4 is 20.0 Å². The summed E-state index contributed by atoms with van der Waals surface area (Å²) in [5.74, 6) is 1.76. The Kier molecular flexibility index (Phi) is 6.69. The molecule has 1 heterocycles. The number of hydrogen-bond donors (Lipinski definition) is 1. The fraction of sp³-hybridized carbons (Fsp3) is 0.455.